The number of hydrogen-bond acceptors (Lipinski definition) is 0. The molecule has 1 heteroatoms. The van der Waals surface area contributed by atoms with Crippen molar-refractivity contribution in [3.8, 4) is 0 Å². The van der Waals surface area contributed by atoms with Gasteiger partial charge < -0.3 is 4.57 Å². The third-order valence-corrected chi connectivity index (χ3v) is 2.98. The number of aryl methyl sites for hydroxylation is 2. The summed E-state index contributed by atoms with van der Waals surface area (Å²) in [6.45, 7) is 6.61. The Hall–Kier alpha value is -1.24. The van der Waals surface area contributed by atoms with Crippen LogP contribution < -0.4 is 0 Å². The maximum atomic E-state index is 2.30. The number of benzene rings is 1. The zero-order valence-corrected chi connectivity index (χ0v) is 9.33. The van der Waals surface area contributed by atoms with Crippen molar-refractivity contribution in [2.75, 3.05) is 0 Å². The van der Waals surface area contributed by atoms with Crippen LogP contribution in [0.5, 0.6) is 0 Å². The van der Waals surface area contributed by atoms with Crippen LogP contribution in [0, 0.1) is 6.92 Å². The average molecular weight is 187 g/mol. The SMILES string of the molecule is Cc1cc2ccc(C(C)C)cc2n1C. The second kappa shape index (κ2) is 3.16. The molecule has 0 bridgehead atoms. The van der Waals surface area contributed by atoms with Crippen LogP contribution >= 0.6 is 0 Å². The minimum atomic E-state index is 0.606. The molecule has 1 aromatic heterocycles. The molecule has 0 saturated heterocycles. The summed E-state index contributed by atoms with van der Waals surface area (Å²) in [4.78, 5) is 0. The zero-order valence-electron chi connectivity index (χ0n) is 9.33. The first kappa shape index (κ1) is 9.32. The summed E-state index contributed by atoms with van der Waals surface area (Å²) in [6, 6.07) is 8.98. The summed E-state index contributed by atoms with van der Waals surface area (Å²) in [7, 11) is 2.13. The molecular weight excluding hydrogens is 170 g/mol. The molecule has 0 atom stereocenters. The second-order valence-electron chi connectivity index (χ2n) is 4.32. The molecule has 1 nitrogen and oxygen atoms in total. The highest BCUT2D eigenvalue weighted by atomic mass is 14.9. The van der Waals surface area contributed by atoms with Gasteiger partial charge in [-0.1, -0.05) is 26.0 Å². The van der Waals surface area contributed by atoms with Gasteiger partial charge in [0.2, 0.25) is 0 Å². The predicted octanol–water partition coefficient (Wildman–Crippen LogP) is 3.61. The van der Waals surface area contributed by atoms with Crippen LogP contribution in [0.1, 0.15) is 31.0 Å². The van der Waals surface area contributed by atoms with Crippen molar-refractivity contribution in [3.63, 3.8) is 0 Å². The Morgan fingerprint density at radius 1 is 1.14 bits per heavy atom. The van der Waals surface area contributed by atoms with E-state index in [1.54, 1.807) is 0 Å². The standard InChI is InChI=1S/C13H17N/c1-9(2)11-5-6-12-7-10(3)14(4)13(12)8-11/h5-9H,1-4H3. The Morgan fingerprint density at radius 2 is 1.86 bits per heavy atom. The Kier molecular flexibility index (Phi) is 2.10. The molecule has 0 aliphatic heterocycles. The van der Waals surface area contributed by atoms with E-state index < -0.39 is 0 Å². The van der Waals surface area contributed by atoms with Gasteiger partial charge >= 0.3 is 0 Å². The van der Waals surface area contributed by atoms with Gasteiger partial charge in [-0.2, -0.15) is 0 Å². The number of fused-ring (bicyclic) bond motifs is 1. The molecule has 0 unspecified atom stereocenters. The van der Waals surface area contributed by atoms with E-state index in [2.05, 4.69) is 56.7 Å². The minimum absolute atomic E-state index is 0.606. The maximum Gasteiger partial charge on any atom is 0.0482 e. The van der Waals surface area contributed by atoms with Crippen molar-refractivity contribution in [2.24, 2.45) is 7.05 Å². The zero-order chi connectivity index (χ0) is 10.3. The van der Waals surface area contributed by atoms with Gasteiger partial charge in [-0.3, -0.25) is 0 Å². The van der Waals surface area contributed by atoms with Crippen molar-refractivity contribution >= 4 is 10.9 Å². The summed E-state index contributed by atoms with van der Waals surface area (Å²) in [5, 5.41) is 1.34. The van der Waals surface area contributed by atoms with E-state index in [1.807, 2.05) is 0 Å². The normalized spacial score (nSPS) is 11.5. The first-order valence-electron chi connectivity index (χ1n) is 5.15. The van der Waals surface area contributed by atoms with Crippen LogP contribution in [0.3, 0.4) is 0 Å². The lowest BCUT2D eigenvalue weighted by Crippen LogP contribution is -1.91. The fourth-order valence-corrected chi connectivity index (χ4v) is 1.84. The van der Waals surface area contributed by atoms with Gasteiger partial charge in [0.1, 0.15) is 0 Å². The molecule has 0 N–H and O–H groups in total. The van der Waals surface area contributed by atoms with E-state index in [0.717, 1.165) is 0 Å². The molecule has 1 aromatic carbocycles. The van der Waals surface area contributed by atoms with Crippen LogP contribution in [0.2, 0.25) is 0 Å². The number of rotatable bonds is 1. The highest BCUT2D eigenvalue weighted by molar-refractivity contribution is 5.82. The molecule has 2 rings (SSSR count). The number of hydrogen-bond donors (Lipinski definition) is 0. The van der Waals surface area contributed by atoms with Crippen LogP contribution in [-0.4, -0.2) is 4.57 Å². The van der Waals surface area contributed by atoms with E-state index in [1.165, 1.54) is 22.2 Å². The van der Waals surface area contributed by atoms with Crippen molar-refractivity contribution in [1.29, 1.82) is 0 Å². The van der Waals surface area contributed by atoms with Gasteiger partial charge in [0.05, 0.1) is 0 Å². The molecule has 2 aromatic rings. The number of nitrogens with zero attached hydrogens (tertiary/aromatic N) is 1. The summed E-state index contributed by atoms with van der Waals surface area (Å²) in [5.74, 6) is 0.606. The molecule has 0 amide bonds. The van der Waals surface area contributed by atoms with Crippen molar-refractivity contribution in [2.45, 2.75) is 26.7 Å². The van der Waals surface area contributed by atoms with Gasteiger partial charge in [0, 0.05) is 18.3 Å². The Labute approximate surface area is 85.4 Å². The third kappa shape index (κ3) is 1.33. The molecule has 0 saturated carbocycles. The smallest absolute Gasteiger partial charge is 0.0482 e. The van der Waals surface area contributed by atoms with E-state index in [0.29, 0.717) is 5.92 Å². The summed E-state index contributed by atoms with van der Waals surface area (Å²) in [5.41, 5.74) is 4.08. The fourth-order valence-electron chi connectivity index (χ4n) is 1.84. The monoisotopic (exact) mass is 187 g/mol. The maximum absolute atomic E-state index is 2.30. The van der Waals surface area contributed by atoms with E-state index in [4.69, 9.17) is 0 Å². The van der Waals surface area contributed by atoms with Crippen LogP contribution in [-0.2, 0) is 7.05 Å². The van der Waals surface area contributed by atoms with Crippen LogP contribution in [0.25, 0.3) is 10.9 Å². The van der Waals surface area contributed by atoms with Gasteiger partial charge in [-0.15, -0.1) is 0 Å². The fraction of sp³-hybridized carbons (Fsp3) is 0.385. The van der Waals surface area contributed by atoms with Crippen LogP contribution in [0.4, 0.5) is 0 Å². The first-order valence-corrected chi connectivity index (χ1v) is 5.15. The summed E-state index contributed by atoms with van der Waals surface area (Å²) < 4.78 is 2.25. The highest BCUT2D eigenvalue weighted by Gasteiger charge is 2.04. The molecule has 1 heterocycles. The molecule has 0 radical (unpaired) electrons. The van der Waals surface area contributed by atoms with E-state index in [9.17, 15) is 0 Å². The van der Waals surface area contributed by atoms with Crippen molar-refractivity contribution in [1.82, 2.24) is 4.57 Å². The van der Waals surface area contributed by atoms with Crippen molar-refractivity contribution in [3.05, 3.63) is 35.5 Å². The van der Waals surface area contributed by atoms with Gasteiger partial charge in [-0.25, -0.2) is 0 Å². The highest BCUT2D eigenvalue weighted by Crippen LogP contribution is 2.23. The van der Waals surface area contributed by atoms with Gasteiger partial charge in [0.15, 0.2) is 0 Å². The lowest BCUT2D eigenvalue weighted by molar-refractivity contribution is 0.863. The average Bonchev–Trinajstić information content (AvgIpc) is 2.43. The lowest BCUT2D eigenvalue weighted by Gasteiger charge is -2.06. The van der Waals surface area contributed by atoms with Gasteiger partial charge in [-0.05, 0) is 35.9 Å². The molecule has 14 heavy (non-hydrogen) atoms. The van der Waals surface area contributed by atoms with E-state index in [-0.39, 0.29) is 0 Å². The van der Waals surface area contributed by atoms with Crippen molar-refractivity contribution < 1.29 is 0 Å². The van der Waals surface area contributed by atoms with Crippen LogP contribution in [0.15, 0.2) is 24.3 Å². The summed E-state index contributed by atoms with van der Waals surface area (Å²) >= 11 is 0. The molecule has 0 aliphatic carbocycles. The molecular formula is C13H17N. The lowest BCUT2D eigenvalue weighted by atomic mass is 10.0. The molecule has 0 aliphatic rings. The molecule has 0 spiro atoms. The Bertz CT molecular complexity index is 463. The van der Waals surface area contributed by atoms with Gasteiger partial charge in [0.25, 0.3) is 0 Å². The minimum Gasteiger partial charge on any atom is -0.348 e. The topological polar surface area (TPSA) is 4.93 Å². The predicted molar refractivity (Wildman–Crippen MR) is 61.7 cm³/mol. The molecule has 0 fully saturated rings. The summed E-state index contributed by atoms with van der Waals surface area (Å²) in [6.07, 6.45) is 0. The third-order valence-electron chi connectivity index (χ3n) is 2.98. The largest absolute Gasteiger partial charge is 0.348 e. The first-order chi connectivity index (χ1) is 6.59. The Balaban J connectivity index is 2.69. The molecule has 74 valence electrons. The quantitative estimate of drug-likeness (QED) is 0.642. The Morgan fingerprint density at radius 3 is 2.50 bits per heavy atom. The number of aromatic nitrogens is 1. The van der Waals surface area contributed by atoms with E-state index >= 15 is 0 Å². The second-order valence-corrected chi connectivity index (χ2v) is 4.32.